The van der Waals surface area contributed by atoms with E-state index in [-0.39, 0.29) is 0 Å². The average Bonchev–Trinajstić information content (AvgIpc) is 2.15. The zero-order valence-corrected chi connectivity index (χ0v) is 9.92. The van der Waals surface area contributed by atoms with Crippen LogP contribution in [0.25, 0.3) is 0 Å². The van der Waals surface area contributed by atoms with E-state index in [0.717, 1.165) is 12.1 Å². The number of carbonyl (C=O) groups is 1. The second-order valence-corrected chi connectivity index (χ2v) is 4.35. The highest BCUT2D eigenvalue weighted by Crippen LogP contribution is 2.41. The number of halogens is 4. The molecule has 3 nitrogen and oxygen atoms in total. The number of hydrogen-bond acceptors (Lipinski definition) is 2. The summed E-state index contributed by atoms with van der Waals surface area (Å²) in [6, 6.07) is 4.66. The van der Waals surface area contributed by atoms with Gasteiger partial charge < -0.3 is 10.2 Å². The van der Waals surface area contributed by atoms with Crippen molar-refractivity contribution >= 4 is 21.9 Å². The zero-order chi connectivity index (χ0) is 13.3. The molecule has 0 heterocycles. The van der Waals surface area contributed by atoms with E-state index in [2.05, 4.69) is 15.9 Å². The minimum atomic E-state index is -5.06. The Labute approximate surface area is 103 Å². The van der Waals surface area contributed by atoms with Crippen LogP contribution in [0, 0.1) is 0 Å². The van der Waals surface area contributed by atoms with E-state index >= 15 is 0 Å². The lowest BCUT2D eigenvalue weighted by atomic mass is 9.90. The van der Waals surface area contributed by atoms with Crippen LogP contribution in [0.15, 0.2) is 28.7 Å². The van der Waals surface area contributed by atoms with E-state index in [1.807, 2.05) is 0 Å². The summed E-state index contributed by atoms with van der Waals surface area (Å²) in [4.78, 5) is 10.4. The van der Waals surface area contributed by atoms with E-state index in [1.54, 1.807) is 0 Å². The predicted molar refractivity (Wildman–Crippen MR) is 56.3 cm³/mol. The normalized spacial score (nSPS) is 15.4. The molecule has 94 valence electrons. The van der Waals surface area contributed by atoms with Gasteiger partial charge in [-0.05, 0) is 17.7 Å². The first-order chi connectivity index (χ1) is 7.67. The van der Waals surface area contributed by atoms with Crippen molar-refractivity contribution in [3.8, 4) is 0 Å². The van der Waals surface area contributed by atoms with Crippen LogP contribution in [0.3, 0.4) is 0 Å². The molecule has 7 heteroatoms. The molecule has 1 rings (SSSR count). The van der Waals surface area contributed by atoms with Crippen molar-refractivity contribution in [3.63, 3.8) is 0 Å². The van der Waals surface area contributed by atoms with Crippen LogP contribution >= 0.6 is 15.9 Å². The fraction of sp³-hybridized carbons (Fsp3) is 0.300. The quantitative estimate of drug-likeness (QED) is 0.902. The van der Waals surface area contributed by atoms with Crippen LogP contribution in [0.1, 0.15) is 12.0 Å². The van der Waals surface area contributed by atoms with Crippen molar-refractivity contribution in [1.29, 1.82) is 0 Å². The summed E-state index contributed by atoms with van der Waals surface area (Å²) in [6.07, 6.45) is -6.49. The van der Waals surface area contributed by atoms with Gasteiger partial charge in [-0.25, -0.2) is 0 Å². The Bertz CT molecular complexity index is 416. The molecule has 0 aromatic heterocycles. The molecule has 0 fully saturated rings. The number of rotatable bonds is 3. The molecule has 0 spiro atoms. The molecule has 1 aromatic rings. The second-order valence-electron chi connectivity index (χ2n) is 3.44. The molecule has 0 aliphatic heterocycles. The monoisotopic (exact) mass is 312 g/mol. The molecule has 0 aliphatic rings. The van der Waals surface area contributed by atoms with Crippen LogP contribution in [0.4, 0.5) is 13.2 Å². The van der Waals surface area contributed by atoms with Crippen molar-refractivity contribution in [2.45, 2.75) is 18.2 Å². The summed E-state index contributed by atoms with van der Waals surface area (Å²) in [6.45, 7) is 0. The van der Waals surface area contributed by atoms with Crippen LogP contribution < -0.4 is 0 Å². The van der Waals surface area contributed by atoms with Gasteiger partial charge in [-0.3, -0.25) is 4.79 Å². The summed E-state index contributed by atoms with van der Waals surface area (Å²) in [5, 5.41) is 18.0. The first kappa shape index (κ1) is 14.0. The molecule has 0 bridgehead atoms. The Hall–Kier alpha value is -1.08. The number of carboxylic acid groups (broad SMARTS) is 1. The predicted octanol–water partition coefficient (Wildman–Crippen LogP) is 2.67. The topological polar surface area (TPSA) is 57.5 Å². The van der Waals surface area contributed by atoms with Crippen molar-refractivity contribution in [2.24, 2.45) is 0 Å². The van der Waals surface area contributed by atoms with Gasteiger partial charge in [0.2, 0.25) is 0 Å². The molecule has 2 N–H and O–H groups in total. The lowest BCUT2D eigenvalue weighted by Gasteiger charge is -2.29. The van der Waals surface area contributed by atoms with Crippen LogP contribution in [-0.4, -0.2) is 22.4 Å². The highest BCUT2D eigenvalue weighted by Gasteiger charge is 2.56. The Morgan fingerprint density at radius 1 is 1.24 bits per heavy atom. The van der Waals surface area contributed by atoms with E-state index < -0.39 is 29.7 Å². The number of aliphatic carboxylic acids is 1. The van der Waals surface area contributed by atoms with E-state index in [4.69, 9.17) is 5.11 Å². The number of benzene rings is 1. The van der Waals surface area contributed by atoms with Gasteiger partial charge in [-0.1, -0.05) is 28.1 Å². The highest BCUT2D eigenvalue weighted by atomic mass is 79.9. The number of alkyl halides is 3. The fourth-order valence-corrected chi connectivity index (χ4v) is 1.57. The van der Waals surface area contributed by atoms with Gasteiger partial charge in [0.15, 0.2) is 5.60 Å². The molecule has 1 atom stereocenters. The summed E-state index contributed by atoms with van der Waals surface area (Å²) in [7, 11) is 0. The summed E-state index contributed by atoms with van der Waals surface area (Å²) >= 11 is 3.03. The third-order valence-corrected chi connectivity index (χ3v) is 2.73. The molecule has 0 saturated carbocycles. The minimum absolute atomic E-state index is 0.504. The number of carboxylic acids is 1. The van der Waals surface area contributed by atoms with E-state index in [0.29, 0.717) is 4.47 Å². The highest BCUT2D eigenvalue weighted by molar-refractivity contribution is 9.10. The summed E-state index contributed by atoms with van der Waals surface area (Å²) in [5.74, 6) is -1.73. The fourth-order valence-electron chi connectivity index (χ4n) is 1.31. The lowest BCUT2D eigenvalue weighted by molar-refractivity contribution is -0.269. The standard InChI is InChI=1S/C10H8BrF3O3/c11-7-3-1-6(2-4-7)9(17,5-8(15)16)10(12,13)14/h1-4,17H,5H2,(H,15,16). The minimum Gasteiger partial charge on any atom is -0.481 e. The molecule has 0 radical (unpaired) electrons. The van der Waals surface area contributed by atoms with Gasteiger partial charge in [-0.15, -0.1) is 0 Å². The Morgan fingerprint density at radius 3 is 2.06 bits per heavy atom. The molecule has 0 aliphatic carbocycles. The second kappa shape index (κ2) is 4.66. The maximum atomic E-state index is 12.7. The first-order valence-electron chi connectivity index (χ1n) is 4.44. The van der Waals surface area contributed by atoms with Gasteiger partial charge in [-0.2, -0.15) is 13.2 Å². The van der Waals surface area contributed by atoms with Crippen molar-refractivity contribution in [2.75, 3.05) is 0 Å². The third kappa shape index (κ3) is 2.98. The largest absolute Gasteiger partial charge is 0.481 e. The molecule has 1 aromatic carbocycles. The van der Waals surface area contributed by atoms with Gasteiger partial charge >= 0.3 is 12.1 Å². The average molecular weight is 313 g/mol. The van der Waals surface area contributed by atoms with Crippen LogP contribution in [0.2, 0.25) is 0 Å². The van der Waals surface area contributed by atoms with Gasteiger partial charge in [0.1, 0.15) is 0 Å². The number of aliphatic hydroxyl groups is 1. The molecule has 17 heavy (non-hydrogen) atoms. The molecular formula is C10H8BrF3O3. The number of hydrogen-bond donors (Lipinski definition) is 2. The van der Waals surface area contributed by atoms with Crippen LogP contribution in [-0.2, 0) is 10.4 Å². The van der Waals surface area contributed by atoms with Gasteiger partial charge in [0, 0.05) is 4.47 Å². The molecule has 0 amide bonds. The maximum Gasteiger partial charge on any atom is 0.422 e. The molecular weight excluding hydrogens is 305 g/mol. The maximum absolute atomic E-state index is 12.7. The Morgan fingerprint density at radius 2 is 1.71 bits per heavy atom. The third-order valence-electron chi connectivity index (χ3n) is 2.20. The molecule has 0 saturated heterocycles. The van der Waals surface area contributed by atoms with Gasteiger partial charge in [0.25, 0.3) is 0 Å². The smallest absolute Gasteiger partial charge is 0.422 e. The van der Waals surface area contributed by atoms with Crippen molar-refractivity contribution in [3.05, 3.63) is 34.3 Å². The zero-order valence-electron chi connectivity index (χ0n) is 8.33. The lowest BCUT2D eigenvalue weighted by Crippen LogP contribution is -2.44. The Kier molecular flexibility index (Phi) is 3.83. The van der Waals surface area contributed by atoms with Crippen molar-refractivity contribution < 1.29 is 28.2 Å². The SMILES string of the molecule is O=C(O)CC(O)(c1ccc(Br)cc1)C(F)(F)F. The summed E-state index contributed by atoms with van der Waals surface area (Å²) in [5.41, 5.74) is -3.88. The van der Waals surface area contributed by atoms with Crippen LogP contribution in [0.5, 0.6) is 0 Å². The first-order valence-corrected chi connectivity index (χ1v) is 5.23. The van der Waals surface area contributed by atoms with E-state index in [9.17, 15) is 23.1 Å². The molecule has 1 unspecified atom stereocenters. The Balaban J connectivity index is 3.24. The summed E-state index contributed by atoms with van der Waals surface area (Å²) < 4.78 is 38.7. The van der Waals surface area contributed by atoms with Gasteiger partial charge in [0.05, 0.1) is 6.42 Å². The van der Waals surface area contributed by atoms with Crippen molar-refractivity contribution in [1.82, 2.24) is 0 Å². The van der Waals surface area contributed by atoms with E-state index in [1.165, 1.54) is 12.1 Å².